The van der Waals surface area contributed by atoms with Gasteiger partial charge in [-0.1, -0.05) is 24.3 Å². The van der Waals surface area contributed by atoms with Crippen molar-refractivity contribution in [3.8, 4) is 11.5 Å². The van der Waals surface area contributed by atoms with Crippen LogP contribution in [-0.2, 0) is 20.7 Å². The van der Waals surface area contributed by atoms with Gasteiger partial charge in [0, 0.05) is 30.0 Å². The summed E-state index contributed by atoms with van der Waals surface area (Å²) in [6.45, 7) is 6.13. The first-order chi connectivity index (χ1) is 19.9. The van der Waals surface area contributed by atoms with E-state index in [0.29, 0.717) is 49.3 Å². The lowest BCUT2D eigenvalue weighted by atomic mass is 9.75. The van der Waals surface area contributed by atoms with Crippen LogP contribution in [0, 0.1) is 12.8 Å². The van der Waals surface area contributed by atoms with Crippen LogP contribution in [0.2, 0.25) is 0 Å². The standard InChI is InChI=1S/C32H39N3O7/c1-16-10-21(36)26-22(39-16)14-23-25(27(26)37)20-12-18(15-35-4)8-9-32(30(38)40-28(20)31(2,3)41-23)24(42-32)13-17-6-5-7-19(11-17)29(33)34/h5-7,10-11,14,18,20,24,28-29,35,37H,8-9,12-13,15,33-34H2,1-4H3/t18-,20+,24-,28-,32-/m1/s1. The van der Waals surface area contributed by atoms with Gasteiger partial charge in [0.1, 0.15) is 46.0 Å². The number of aryl methyl sites for hydroxylation is 1. The molecule has 10 heteroatoms. The largest absolute Gasteiger partial charge is 0.507 e. The van der Waals surface area contributed by atoms with Crippen LogP contribution in [0.3, 0.4) is 0 Å². The van der Waals surface area contributed by atoms with Gasteiger partial charge in [0.05, 0.1) is 6.17 Å². The second-order valence-corrected chi connectivity index (χ2v) is 12.5. The van der Waals surface area contributed by atoms with Crippen molar-refractivity contribution in [1.82, 2.24) is 5.32 Å². The molecule has 3 aromatic rings. The van der Waals surface area contributed by atoms with Crippen LogP contribution in [0.4, 0.5) is 0 Å². The van der Waals surface area contributed by atoms with Gasteiger partial charge >= 0.3 is 5.97 Å². The number of phenols is 1. The van der Waals surface area contributed by atoms with E-state index in [9.17, 15) is 14.7 Å². The van der Waals surface area contributed by atoms with Crippen molar-refractivity contribution in [2.75, 3.05) is 13.6 Å². The summed E-state index contributed by atoms with van der Waals surface area (Å²) in [5.74, 6) is -0.0583. The van der Waals surface area contributed by atoms with Crippen molar-refractivity contribution >= 4 is 16.9 Å². The van der Waals surface area contributed by atoms with Crippen molar-refractivity contribution in [3.05, 3.63) is 69.1 Å². The third-order valence-electron chi connectivity index (χ3n) is 9.07. The Labute approximate surface area is 244 Å². The lowest BCUT2D eigenvalue weighted by Crippen LogP contribution is -2.52. The van der Waals surface area contributed by atoms with Gasteiger partial charge in [-0.3, -0.25) is 4.79 Å². The average molecular weight is 578 g/mol. The fourth-order valence-corrected chi connectivity index (χ4v) is 6.96. The first kappa shape index (κ1) is 28.7. The van der Waals surface area contributed by atoms with Gasteiger partial charge in [-0.2, -0.15) is 0 Å². The summed E-state index contributed by atoms with van der Waals surface area (Å²) in [7, 11) is 1.90. The van der Waals surface area contributed by atoms with Crippen molar-refractivity contribution in [1.29, 1.82) is 0 Å². The summed E-state index contributed by atoms with van der Waals surface area (Å²) in [6.07, 6.45) is 0.641. The number of hydrogen-bond donors (Lipinski definition) is 4. The minimum Gasteiger partial charge on any atom is -0.507 e. The van der Waals surface area contributed by atoms with E-state index in [4.69, 9.17) is 30.1 Å². The van der Waals surface area contributed by atoms with Crippen molar-refractivity contribution in [3.63, 3.8) is 0 Å². The Morgan fingerprint density at radius 2 is 1.95 bits per heavy atom. The molecule has 3 aliphatic heterocycles. The molecule has 42 heavy (non-hydrogen) atoms. The molecule has 2 aromatic carbocycles. The van der Waals surface area contributed by atoms with Crippen LogP contribution in [-0.4, -0.2) is 48.1 Å². The number of carbonyl (C=O) groups excluding carboxylic acids is 1. The number of fused-ring (bicyclic) bond motifs is 4. The molecule has 1 aromatic heterocycles. The molecule has 0 bridgehead atoms. The minimum atomic E-state index is -1.08. The molecule has 6 rings (SSSR count). The number of carbonyl (C=O) groups is 1. The van der Waals surface area contributed by atoms with Gasteiger partial charge in [0.2, 0.25) is 0 Å². The number of aromatic hydroxyl groups is 1. The van der Waals surface area contributed by atoms with Crippen molar-refractivity contribution < 1.29 is 28.5 Å². The highest BCUT2D eigenvalue weighted by Gasteiger charge is 2.65. The van der Waals surface area contributed by atoms with Gasteiger partial charge in [-0.15, -0.1) is 0 Å². The molecule has 0 aliphatic carbocycles. The summed E-state index contributed by atoms with van der Waals surface area (Å²) < 4.78 is 24.7. The maximum Gasteiger partial charge on any atom is 0.341 e. The number of ether oxygens (including phenoxy) is 3. The van der Waals surface area contributed by atoms with Gasteiger partial charge in [0.15, 0.2) is 11.0 Å². The zero-order valence-corrected chi connectivity index (χ0v) is 24.4. The summed E-state index contributed by atoms with van der Waals surface area (Å²) in [5.41, 5.74) is 11.9. The zero-order valence-electron chi connectivity index (χ0n) is 24.4. The topological polar surface area (TPSA) is 163 Å². The van der Waals surface area contributed by atoms with E-state index in [1.54, 1.807) is 13.0 Å². The fraction of sp³-hybridized carbons (Fsp3) is 0.500. The molecule has 224 valence electrons. The van der Waals surface area contributed by atoms with Crippen LogP contribution in [0.5, 0.6) is 11.5 Å². The van der Waals surface area contributed by atoms with Crippen LogP contribution >= 0.6 is 0 Å². The van der Waals surface area contributed by atoms with Crippen LogP contribution in [0.1, 0.15) is 67.6 Å². The number of phenolic OH excluding ortho intramolecular Hbond substituents is 1. The second kappa shape index (κ2) is 10.4. The summed E-state index contributed by atoms with van der Waals surface area (Å²) in [4.78, 5) is 26.9. The van der Waals surface area contributed by atoms with Crippen LogP contribution in [0.25, 0.3) is 11.0 Å². The Balaban J connectivity index is 1.39. The molecule has 0 amide bonds. The molecule has 6 N–H and O–H groups in total. The van der Waals surface area contributed by atoms with E-state index in [1.807, 2.05) is 45.2 Å². The van der Waals surface area contributed by atoms with E-state index < -0.39 is 35.4 Å². The Bertz CT molecular complexity index is 1600. The number of nitrogens with two attached hydrogens (primary N) is 2. The van der Waals surface area contributed by atoms with Crippen LogP contribution in [0.15, 0.2) is 45.6 Å². The molecule has 2 fully saturated rings. The first-order valence-electron chi connectivity index (χ1n) is 14.6. The van der Waals surface area contributed by atoms with E-state index in [2.05, 4.69) is 5.32 Å². The second-order valence-electron chi connectivity index (χ2n) is 12.5. The van der Waals surface area contributed by atoms with E-state index in [1.165, 1.54) is 6.07 Å². The normalized spacial score (nSPS) is 28.3. The average Bonchev–Trinajstić information content (AvgIpc) is 3.60. The van der Waals surface area contributed by atoms with Crippen LogP contribution < -0.4 is 26.9 Å². The van der Waals surface area contributed by atoms with E-state index in [-0.39, 0.29) is 34.2 Å². The summed E-state index contributed by atoms with van der Waals surface area (Å²) in [6, 6.07) is 10.7. The number of epoxide rings is 1. The quantitative estimate of drug-likeness (QED) is 0.201. The Kier molecular flexibility index (Phi) is 7.08. The zero-order chi connectivity index (χ0) is 30.0. The van der Waals surface area contributed by atoms with Gasteiger partial charge in [-0.25, -0.2) is 4.79 Å². The molecule has 0 radical (unpaired) electrons. The monoisotopic (exact) mass is 577 g/mol. The summed E-state index contributed by atoms with van der Waals surface area (Å²) in [5, 5.41) is 14.9. The number of hydrogen-bond acceptors (Lipinski definition) is 10. The highest BCUT2D eigenvalue weighted by atomic mass is 16.7. The fourth-order valence-electron chi connectivity index (χ4n) is 6.96. The Morgan fingerprint density at radius 1 is 1.17 bits per heavy atom. The van der Waals surface area contributed by atoms with E-state index >= 15 is 0 Å². The van der Waals surface area contributed by atoms with Crippen molar-refractivity contribution in [2.24, 2.45) is 17.4 Å². The molecule has 10 nitrogen and oxygen atoms in total. The highest BCUT2D eigenvalue weighted by molar-refractivity contribution is 5.88. The number of rotatable bonds is 5. The molecular weight excluding hydrogens is 538 g/mol. The molecular formula is C32H39N3O7. The molecule has 1 spiro atoms. The molecule has 5 atom stereocenters. The molecule has 0 saturated carbocycles. The smallest absolute Gasteiger partial charge is 0.341 e. The minimum absolute atomic E-state index is 0.0965. The predicted molar refractivity (Wildman–Crippen MR) is 156 cm³/mol. The molecule has 4 heterocycles. The summed E-state index contributed by atoms with van der Waals surface area (Å²) >= 11 is 0. The SMILES string of the molecule is CNC[C@@H]1CC[C@]2(O[C@@H]2Cc2cccc(C(N)N)c2)C(=O)O[C@@H]2[C@@H](C1)c1c(cc3oc(C)cc(=O)c3c1O)OC2(C)C. The molecule has 0 unspecified atom stereocenters. The van der Waals surface area contributed by atoms with Crippen molar-refractivity contribution in [2.45, 2.75) is 81.9 Å². The molecule has 2 saturated heterocycles. The predicted octanol–water partition coefficient (Wildman–Crippen LogP) is 3.29. The lowest BCUT2D eigenvalue weighted by molar-refractivity contribution is -0.170. The maximum absolute atomic E-state index is 14.0. The highest BCUT2D eigenvalue weighted by Crippen LogP contribution is 2.54. The number of benzene rings is 2. The third kappa shape index (κ3) is 4.86. The third-order valence-corrected chi connectivity index (χ3v) is 9.07. The molecule has 3 aliphatic rings. The van der Waals surface area contributed by atoms with E-state index in [0.717, 1.165) is 11.1 Å². The Hall–Kier alpha value is -3.44. The number of esters is 1. The number of nitrogens with one attached hydrogen (secondary N) is 1. The Morgan fingerprint density at radius 3 is 2.69 bits per heavy atom. The lowest BCUT2D eigenvalue weighted by Gasteiger charge is -2.45. The maximum atomic E-state index is 14.0. The first-order valence-corrected chi connectivity index (χ1v) is 14.6. The van der Waals surface area contributed by atoms with Gasteiger partial charge in [-0.05, 0) is 70.7 Å². The van der Waals surface area contributed by atoms with Gasteiger partial charge in [0.25, 0.3) is 0 Å². The van der Waals surface area contributed by atoms with Gasteiger partial charge < -0.3 is 40.5 Å².